The Bertz CT molecular complexity index is 2840. The monoisotopic (exact) mass is 647 g/mol. The zero-order valence-electron chi connectivity index (χ0n) is 28.1. The summed E-state index contributed by atoms with van der Waals surface area (Å²) >= 11 is 0. The van der Waals surface area contributed by atoms with Crippen LogP contribution in [0.5, 0.6) is 0 Å². The lowest BCUT2D eigenvalue weighted by atomic mass is 9.86. The highest BCUT2D eigenvalue weighted by Gasteiger charge is 2.31. The van der Waals surface area contributed by atoms with E-state index >= 15 is 0 Å². The van der Waals surface area contributed by atoms with Crippen LogP contribution >= 0.6 is 0 Å². The third-order valence-corrected chi connectivity index (χ3v) is 11.3. The molecular weight excluding hydrogens is 615 g/mol. The molecule has 238 valence electrons. The second kappa shape index (κ2) is 11.0. The van der Waals surface area contributed by atoms with Crippen LogP contribution in [-0.2, 0) is 6.42 Å². The van der Waals surface area contributed by atoms with Crippen molar-refractivity contribution in [3.63, 3.8) is 0 Å². The number of benzene rings is 8. The Morgan fingerprint density at radius 3 is 2.02 bits per heavy atom. The highest BCUT2D eigenvalue weighted by molar-refractivity contribution is 6.10. The van der Waals surface area contributed by atoms with Gasteiger partial charge in [0.25, 0.3) is 0 Å². The Morgan fingerprint density at radius 2 is 1.08 bits per heavy atom. The lowest BCUT2D eigenvalue weighted by molar-refractivity contribution is 1.02. The SMILES string of the molecule is c1ccc(-n2c3ccccc3c3ccc(-c4ccc5c(c4)-c4ccccc4C5c4cccc(-c5cccc6c5-c5ccccc5C6)c4)cc32)cc1. The number of para-hydroxylation sites is 2. The topological polar surface area (TPSA) is 4.93 Å². The third kappa shape index (κ3) is 4.28. The first-order chi connectivity index (χ1) is 25.3. The van der Waals surface area contributed by atoms with Crippen molar-refractivity contribution < 1.29 is 0 Å². The largest absolute Gasteiger partial charge is 0.309 e. The summed E-state index contributed by atoms with van der Waals surface area (Å²) in [4.78, 5) is 0. The van der Waals surface area contributed by atoms with Gasteiger partial charge in [0.05, 0.1) is 11.0 Å². The minimum atomic E-state index is 0.178. The van der Waals surface area contributed by atoms with Gasteiger partial charge in [-0.25, -0.2) is 0 Å². The van der Waals surface area contributed by atoms with E-state index in [0.29, 0.717) is 0 Å². The number of hydrogen-bond acceptors (Lipinski definition) is 0. The van der Waals surface area contributed by atoms with E-state index in [2.05, 4.69) is 187 Å². The fourth-order valence-electron chi connectivity index (χ4n) is 9.06. The number of hydrogen-bond donors (Lipinski definition) is 0. The first kappa shape index (κ1) is 28.4. The molecule has 8 aromatic carbocycles. The summed E-state index contributed by atoms with van der Waals surface area (Å²) in [5.41, 5.74) is 21.1. The normalized spacial score (nSPS) is 14.0. The molecule has 0 saturated carbocycles. The minimum Gasteiger partial charge on any atom is -0.309 e. The molecule has 0 spiro atoms. The van der Waals surface area contributed by atoms with Crippen LogP contribution in [0.4, 0.5) is 0 Å². The smallest absolute Gasteiger partial charge is 0.0547 e. The summed E-state index contributed by atoms with van der Waals surface area (Å²) < 4.78 is 2.40. The molecule has 51 heavy (non-hydrogen) atoms. The molecule has 0 aliphatic heterocycles. The Hall–Kier alpha value is -6.44. The van der Waals surface area contributed by atoms with Gasteiger partial charge >= 0.3 is 0 Å². The second-order valence-electron chi connectivity index (χ2n) is 14.0. The average molecular weight is 648 g/mol. The van der Waals surface area contributed by atoms with Gasteiger partial charge in [-0.15, -0.1) is 0 Å². The van der Waals surface area contributed by atoms with Crippen LogP contribution in [0.25, 0.3) is 72.0 Å². The zero-order valence-corrected chi connectivity index (χ0v) is 28.1. The molecule has 0 saturated heterocycles. The van der Waals surface area contributed by atoms with Crippen LogP contribution < -0.4 is 0 Å². The lowest BCUT2D eigenvalue weighted by Gasteiger charge is -2.17. The molecule has 2 aliphatic carbocycles. The molecule has 2 aliphatic rings. The molecule has 0 amide bonds. The van der Waals surface area contributed by atoms with Crippen LogP contribution in [0.2, 0.25) is 0 Å². The van der Waals surface area contributed by atoms with Crippen LogP contribution in [0.3, 0.4) is 0 Å². The summed E-state index contributed by atoms with van der Waals surface area (Å²) in [6.45, 7) is 0. The Labute approximate surface area is 297 Å². The standard InChI is InChI=1S/C50H33N/c1-2-16-38(17-3-1)51-47-23-9-8-20-42(47)43-26-24-33(31-48(43)51)32-25-27-45-46(30-32)41-19-6-7-21-44(41)50(45)37-14-10-13-35(29-37)40-22-11-15-36-28-34-12-4-5-18-39(34)49(36)40/h1-27,29-31,50H,28H2. The van der Waals surface area contributed by atoms with Crippen LogP contribution in [0.15, 0.2) is 182 Å². The van der Waals surface area contributed by atoms with Crippen molar-refractivity contribution in [1.82, 2.24) is 4.57 Å². The van der Waals surface area contributed by atoms with Gasteiger partial charge in [-0.2, -0.15) is 0 Å². The van der Waals surface area contributed by atoms with Gasteiger partial charge in [-0.3, -0.25) is 0 Å². The highest BCUT2D eigenvalue weighted by atomic mass is 15.0. The molecule has 0 radical (unpaired) electrons. The van der Waals surface area contributed by atoms with Crippen molar-refractivity contribution >= 4 is 21.8 Å². The molecule has 0 N–H and O–H groups in total. The Kier molecular flexibility index (Phi) is 6.15. The summed E-state index contributed by atoms with van der Waals surface area (Å²) in [7, 11) is 0. The number of aromatic nitrogens is 1. The van der Waals surface area contributed by atoms with Gasteiger partial charge in [0.2, 0.25) is 0 Å². The molecule has 11 rings (SSSR count). The minimum absolute atomic E-state index is 0.178. The van der Waals surface area contributed by atoms with E-state index < -0.39 is 0 Å². The number of fused-ring (bicyclic) bond motifs is 9. The third-order valence-electron chi connectivity index (χ3n) is 11.3. The van der Waals surface area contributed by atoms with Crippen LogP contribution in [0.1, 0.15) is 33.7 Å². The highest BCUT2D eigenvalue weighted by Crippen LogP contribution is 2.50. The fourth-order valence-corrected chi connectivity index (χ4v) is 9.06. The van der Waals surface area contributed by atoms with E-state index in [1.165, 1.54) is 99.8 Å². The van der Waals surface area contributed by atoms with E-state index in [9.17, 15) is 0 Å². The van der Waals surface area contributed by atoms with Crippen LogP contribution in [0, 0.1) is 0 Å². The van der Waals surface area contributed by atoms with Gasteiger partial charge in [-0.1, -0.05) is 152 Å². The molecule has 1 heterocycles. The summed E-state index contributed by atoms with van der Waals surface area (Å²) in [6.07, 6.45) is 1.01. The quantitative estimate of drug-likeness (QED) is 0.179. The maximum Gasteiger partial charge on any atom is 0.0547 e. The summed E-state index contributed by atoms with van der Waals surface area (Å²) in [5, 5.41) is 2.55. The molecule has 9 aromatic rings. The second-order valence-corrected chi connectivity index (χ2v) is 14.0. The zero-order chi connectivity index (χ0) is 33.5. The number of rotatable bonds is 4. The molecule has 0 fully saturated rings. The van der Waals surface area contributed by atoms with Gasteiger partial charge in [0.15, 0.2) is 0 Å². The first-order valence-electron chi connectivity index (χ1n) is 17.9. The molecular formula is C50H33N. The van der Waals surface area contributed by atoms with E-state index in [1.54, 1.807) is 0 Å². The lowest BCUT2D eigenvalue weighted by Crippen LogP contribution is -2.00. The van der Waals surface area contributed by atoms with Gasteiger partial charge in [0.1, 0.15) is 0 Å². The predicted molar refractivity (Wildman–Crippen MR) is 213 cm³/mol. The van der Waals surface area contributed by atoms with Crippen molar-refractivity contribution in [3.8, 4) is 50.2 Å². The Morgan fingerprint density at radius 1 is 0.392 bits per heavy atom. The summed E-state index contributed by atoms with van der Waals surface area (Å²) in [5.74, 6) is 0.178. The van der Waals surface area contributed by atoms with E-state index in [4.69, 9.17) is 0 Å². The molecule has 1 heteroatoms. The van der Waals surface area contributed by atoms with Crippen molar-refractivity contribution in [1.29, 1.82) is 0 Å². The van der Waals surface area contributed by atoms with Gasteiger partial charge in [-0.05, 0) is 109 Å². The van der Waals surface area contributed by atoms with Gasteiger partial charge < -0.3 is 4.57 Å². The molecule has 1 aromatic heterocycles. The maximum atomic E-state index is 2.44. The van der Waals surface area contributed by atoms with E-state index in [1.807, 2.05) is 0 Å². The average Bonchev–Trinajstić information content (AvgIpc) is 3.85. The van der Waals surface area contributed by atoms with Crippen LogP contribution in [-0.4, -0.2) is 4.57 Å². The van der Waals surface area contributed by atoms with E-state index in [-0.39, 0.29) is 5.92 Å². The van der Waals surface area contributed by atoms with Crippen molar-refractivity contribution in [3.05, 3.63) is 210 Å². The Balaban J connectivity index is 1.04. The van der Waals surface area contributed by atoms with Gasteiger partial charge in [0, 0.05) is 22.4 Å². The molecule has 1 unspecified atom stereocenters. The van der Waals surface area contributed by atoms with E-state index in [0.717, 1.165) is 6.42 Å². The maximum absolute atomic E-state index is 2.44. The predicted octanol–water partition coefficient (Wildman–Crippen LogP) is 12.8. The first-order valence-corrected chi connectivity index (χ1v) is 17.9. The van der Waals surface area contributed by atoms with Crippen molar-refractivity contribution in [2.75, 3.05) is 0 Å². The summed E-state index contributed by atoms with van der Waals surface area (Å²) in [6, 6.07) is 67.6. The molecule has 0 bridgehead atoms. The fraction of sp³-hybridized carbons (Fsp3) is 0.0400. The number of nitrogens with zero attached hydrogens (tertiary/aromatic N) is 1. The van der Waals surface area contributed by atoms with Crippen molar-refractivity contribution in [2.24, 2.45) is 0 Å². The molecule has 1 nitrogen and oxygen atoms in total. The molecule has 1 atom stereocenters. The van der Waals surface area contributed by atoms with Crippen molar-refractivity contribution in [2.45, 2.75) is 12.3 Å².